The van der Waals surface area contributed by atoms with Gasteiger partial charge in [-0.25, -0.2) is 0 Å². The second kappa shape index (κ2) is 83.5. The summed E-state index contributed by atoms with van der Waals surface area (Å²) < 4.78 is 5.51. The molecule has 2 unspecified atom stereocenters. The fourth-order valence-electron chi connectivity index (χ4n) is 13.8. The highest BCUT2D eigenvalue weighted by Crippen LogP contribution is 2.21. The number of carbonyl (C=O) groups excluding carboxylic acids is 2. The van der Waals surface area contributed by atoms with Crippen LogP contribution in [0.2, 0.25) is 0 Å². The van der Waals surface area contributed by atoms with E-state index in [1.807, 2.05) is 6.08 Å². The van der Waals surface area contributed by atoms with E-state index in [0.717, 1.165) is 51.4 Å². The molecule has 0 aromatic heterocycles. The molecule has 0 aromatic carbocycles. The van der Waals surface area contributed by atoms with Crippen LogP contribution in [0.15, 0.2) is 36.5 Å². The van der Waals surface area contributed by atoms with E-state index < -0.39 is 12.1 Å². The fraction of sp³-hybridized carbons (Fsp3) is 0.909. The number of hydrogen-bond acceptors (Lipinski definition) is 5. The molecule has 0 fully saturated rings. The van der Waals surface area contributed by atoms with Gasteiger partial charge in [-0.3, -0.25) is 9.59 Å². The molecule has 1 amide bonds. The molecule has 6 heteroatoms. The first-order valence-corrected chi connectivity index (χ1v) is 43.3. The van der Waals surface area contributed by atoms with Crippen molar-refractivity contribution in [3.63, 3.8) is 0 Å². The van der Waals surface area contributed by atoms with Crippen LogP contribution in [0.5, 0.6) is 0 Å². The summed E-state index contributed by atoms with van der Waals surface area (Å²) in [6.07, 6.45) is 110. The highest BCUT2D eigenvalue weighted by Gasteiger charge is 2.18. The molecule has 0 rings (SSSR count). The molecule has 0 radical (unpaired) electrons. The lowest BCUT2D eigenvalue weighted by molar-refractivity contribution is -0.143. The van der Waals surface area contributed by atoms with Crippen molar-refractivity contribution in [1.29, 1.82) is 0 Å². The van der Waals surface area contributed by atoms with Crippen LogP contribution in [0.1, 0.15) is 489 Å². The zero-order valence-electron chi connectivity index (χ0n) is 64.0. The summed E-state index contributed by atoms with van der Waals surface area (Å²) in [4.78, 5) is 24.7. The molecule has 0 aromatic rings. The van der Waals surface area contributed by atoms with Crippen molar-refractivity contribution >= 4 is 11.9 Å². The Morgan fingerprint density at radius 3 is 0.819 bits per heavy atom. The van der Waals surface area contributed by atoms with Gasteiger partial charge in [-0.2, -0.15) is 0 Å². The number of nitrogens with one attached hydrogen (secondary N) is 1. The number of ether oxygens (including phenoxy) is 1. The van der Waals surface area contributed by atoms with E-state index in [1.54, 1.807) is 6.08 Å². The van der Waals surface area contributed by atoms with Crippen molar-refractivity contribution in [3.05, 3.63) is 36.5 Å². The number of carbonyl (C=O) groups is 2. The van der Waals surface area contributed by atoms with Gasteiger partial charge >= 0.3 is 5.97 Å². The van der Waals surface area contributed by atoms with Crippen molar-refractivity contribution < 1.29 is 24.5 Å². The molecule has 556 valence electrons. The molecule has 94 heavy (non-hydrogen) atoms. The third kappa shape index (κ3) is 79.1. The molecule has 6 nitrogen and oxygen atoms in total. The Labute approximate surface area is 589 Å². The number of aliphatic hydroxyl groups excluding tert-OH is 2. The molecular weight excluding hydrogens is 1150 g/mol. The van der Waals surface area contributed by atoms with Crippen LogP contribution in [-0.2, 0) is 14.3 Å². The highest BCUT2D eigenvalue weighted by atomic mass is 16.5. The van der Waals surface area contributed by atoms with Crippen molar-refractivity contribution in [1.82, 2.24) is 5.32 Å². The van der Waals surface area contributed by atoms with E-state index in [2.05, 4.69) is 43.5 Å². The van der Waals surface area contributed by atoms with Gasteiger partial charge in [-0.1, -0.05) is 448 Å². The molecule has 2 atom stereocenters. The quantitative estimate of drug-likeness (QED) is 0.0320. The van der Waals surface area contributed by atoms with Crippen molar-refractivity contribution in [3.8, 4) is 0 Å². The third-order valence-corrected chi connectivity index (χ3v) is 20.4. The van der Waals surface area contributed by atoms with Crippen LogP contribution < -0.4 is 5.32 Å². The Bertz CT molecular complexity index is 1520. The molecule has 3 N–H and O–H groups in total. The predicted octanol–water partition coefficient (Wildman–Crippen LogP) is 28.9. The number of aliphatic hydroxyl groups is 2. The normalized spacial score (nSPS) is 12.6. The van der Waals surface area contributed by atoms with Crippen LogP contribution in [-0.4, -0.2) is 47.4 Å². The van der Waals surface area contributed by atoms with E-state index in [1.165, 1.54) is 411 Å². The number of rotatable bonds is 82. The summed E-state index contributed by atoms with van der Waals surface area (Å²) in [5, 5.41) is 23.3. The van der Waals surface area contributed by atoms with E-state index in [0.29, 0.717) is 19.4 Å². The Morgan fingerprint density at radius 1 is 0.298 bits per heavy atom. The maximum atomic E-state index is 12.6. The largest absolute Gasteiger partial charge is 0.466 e. The van der Waals surface area contributed by atoms with Gasteiger partial charge < -0.3 is 20.3 Å². The van der Waals surface area contributed by atoms with Gasteiger partial charge in [0, 0.05) is 12.8 Å². The summed E-state index contributed by atoms with van der Waals surface area (Å²) >= 11 is 0. The average Bonchev–Trinajstić information content (AvgIpc) is 3.65. The van der Waals surface area contributed by atoms with Crippen molar-refractivity contribution in [2.45, 2.75) is 501 Å². The van der Waals surface area contributed by atoms with Gasteiger partial charge in [-0.05, 0) is 64.2 Å². The molecule has 0 aliphatic rings. The zero-order chi connectivity index (χ0) is 67.7. The number of amides is 1. The molecule has 0 heterocycles. The highest BCUT2D eigenvalue weighted by molar-refractivity contribution is 5.76. The summed E-state index contributed by atoms with van der Waals surface area (Å²) in [7, 11) is 0. The van der Waals surface area contributed by atoms with E-state index in [9.17, 15) is 19.8 Å². The van der Waals surface area contributed by atoms with Crippen LogP contribution in [0.25, 0.3) is 0 Å². The average molecular weight is 1320 g/mol. The van der Waals surface area contributed by atoms with Crippen LogP contribution in [0.3, 0.4) is 0 Å². The van der Waals surface area contributed by atoms with Gasteiger partial charge in [0.15, 0.2) is 0 Å². The topological polar surface area (TPSA) is 95.9 Å². The fourth-order valence-corrected chi connectivity index (χ4v) is 13.8. The summed E-state index contributed by atoms with van der Waals surface area (Å²) in [6.45, 7) is 4.94. The molecule has 0 spiro atoms. The Hall–Kier alpha value is -1.92. The second-order valence-corrected chi connectivity index (χ2v) is 29.9. The van der Waals surface area contributed by atoms with Crippen molar-refractivity contribution in [2.75, 3.05) is 13.2 Å². The molecule has 0 aliphatic heterocycles. The first-order valence-electron chi connectivity index (χ1n) is 43.3. The Morgan fingerprint density at radius 2 is 0.532 bits per heavy atom. The summed E-state index contributed by atoms with van der Waals surface area (Å²) in [5.74, 6) is -0.0403. The van der Waals surface area contributed by atoms with Gasteiger partial charge in [0.2, 0.25) is 5.91 Å². The molecule has 0 bridgehead atoms. The SMILES string of the molecule is CCCCCC/C=C\C/C=C\CCCCCCCCCC(=O)OCCCCCCCCCCCCCCCCCCCCCCCCCCCCCCCCCCCCCCCC(=O)NC(CO)C(O)/C=C/CCCCCCCCCCCCCCCCCCCCCC. The van der Waals surface area contributed by atoms with E-state index in [-0.39, 0.29) is 18.5 Å². The maximum absolute atomic E-state index is 12.6. The van der Waals surface area contributed by atoms with Crippen LogP contribution in [0, 0.1) is 0 Å². The summed E-state index contributed by atoms with van der Waals surface area (Å²) in [5.41, 5.74) is 0. The van der Waals surface area contributed by atoms with Gasteiger partial charge in [-0.15, -0.1) is 0 Å². The minimum atomic E-state index is -0.842. The maximum Gasteiger partial charge on any atom is 0.305 e. The lowest BCUT2D eigenvalue weighted by Crippen LogP contribution is -2.45. The van der Waals surface area contributed by atoms with Gasteiger partial charge in [0.1, 0.15) is 0 Å². The summed E-state index contributed by atoms with van der Waals surface area (Å²) in [6, 6.07) is -0.625. The first-order chi connectivity index (χ1) is 46.5. The van der Waals surface area contributed by atoms with Crippen molar-refractivity contribution in [2.24, 2.45) is 0 Å². The molecule has 0 saturated carbocycles. The monoisotopic (exact) mass is 1320 g/mol. The van der Waals surface area contributed by atoms with Crippen LogP contribution in [0.4, 0.5) is 0 Å². The van der Waals surface area contributed by atoms with Gasteiger partial charge in [0.05, 0.1) is 25.4 Å². The second-order valence-electron chi connectivity index (χ2n) is 29.9. The third-order valence-electron chi connectivity index (χ3n) is 20.4. The number of hydrogen-bond donors (Lipinski definition) is 3. The lowest BCUT2D eigenvalue weighted by atomic mass is 10.0. The zero-order valence-corrected chi connectivity index (χ0v) is 64.0. The minimum absolute atomic E-state index is 0.0167. The van der Waals surface area contributed by atoms with Crippen LogP contribution >= 0.6 is 0 Å². The molecule has 0 aliphatic carbocycles. The Kier molecular flexibility index (Phi) is 81.8. The van der Waals surface area contributed by atoms with Gasteiger partial charge in [0.25, 0.3) is 0 Å². The molecule has 0 saturated heterocycles. The number of esters is 1. The lowest BCUT2D eigenvalue weighted by Gasteiger charge is -2.20. The molecular formula is C88H169NO5. The smallest absolute Gasteiger partial charge is 0.305 e. The predicted molar refractivity (Wildman–Crippen MR) is 416 cm³/mol. The number of unbranched alkanes of at least 4 members (excludes halogenated alkanes) is 67. The van der Waals surface area contributed by atoms with E-state index in [4.69, 9.17) is 4.74 Å². The number of allylic oxidation sites excluding steroid dienone is 5. The van der Waals surface area contributed by atoms with E-state index >= 15 is 0 Å². The standard InChI is InChI=1S/C88H169NO5/c1-3-5-7-9-11-13-15-17-19-21-23-24-42-45-48-52-56-60-64-68-72-76-80-86(91)85(84-90)89-87(92)81-77-73-69-65-61-57-53-49-46-43-40-38-36-34-32-30-28-26-25-27-29-31-33-35-37-39-41-44-47-51-55-59-63-67-71-75-79-83-94-88(93)82-78-74-70-66-62-58-54-50-22-20-18-16-14-12-10-8-6-4-2/h14,16,20,22,76,80,85-86,90-91H,3-13,15,17-19,21,23-75,77-79,81-84H2,1-2H3,(H,89,92)/b16-14-,22-20-,80-76+. The minimum Gasteiger partial charge on any atom is -0.466 e. The Balaban J connectivity index is 3.32. The first kappa shape index (κ1) is 92.1.